The van der Waals surface area contributed by atoms with Gasteiger partial charge in [-0.05, 0) is 35.9 Å². The molecule has 6 nitrogen and oxygen atoms in total. The molecule has 1 atom stereocenters. The third-order valence-electron chi connectivity index (χ3n) is 4.40. The summed E-state index contributed by atoms with van der Waals surface area (Å²) in [5.41, 5.74) is -0.604. The van der Waals surface area contributed by atoms with Crippen molar-refractivity contribution < 1.29 is 19.4 Å². The summed E-state index contributed by atoms with van der Waals surface area (Å²) in [6.07, 6.45) is 1.88. The Balaban J connectivity index is 0.000000921. The monoisotopic (exact) mass is 389 g/mol. The van der Waals surface area contributed by atoms with Crippen LogP contribution in [0.3, 0.4) is 0 Å². The third-order valence-corrected chi connectivity index (χ3v) is 4.40. The van der Waals surface area contributed by atoms with Crippen molar-refractivity contribution in [3.63, 3.8) is 0 Å². The lowest BCUT2D eigenvalue weighted by Crippen LogP contribution is -2.45. The topological polar surface area (TPSA) is 72.0 Å². The summed E-state index contributed by atoms with van der Waals surface area (Å²) in [5.74, 6) is 1.18. The lowest BCUT2D eigenvalue weighted by atomic mass is 9.74. The fourth-order valence-corrected chi connectivity index (χ4v) is 3.32. The number of methoxy groups -OCH3 is 1. The Labute approximate surface area is 168 Å². The summed E-state index contributed by atoms with van der Waals surface area (Å²) < 4.78 is 12.2. The molecule has 1 unspecified atom stereocenters. The molecule has 0 radical (unpaired) electrons. The van der Waals surface area contributed by atoms with Crippen LogP contribution in [-0.2, 0) is 5.54 Å². The van der Waals surface area contributed by atoms with Gasteiger partial charge in [0.25, 0.3) is 5.69 Å². The van der Waals surface area contributed by atoms with E-state index in [9.17, 15) is 10.1 Å². The van der Waals surface area contributed by atoms with Crippen molar-refractivity contribution in [3.8, 4) is 11.5 Å². The normalized spacial score (nSPS) is 19.2. The number of benzene rings is 1. The molecule has 154 valence electrons. The number of hydrogen-bond acceptors (Lipinski definition) is 5. The van der Waals surface area contributed by atoms with E-state index in [1.165, 1.54) is 6.20 Å². The van der Waals surface area contributed by atoms with Gasteiger partial charge in [-0.15, -0.1) is 4.91 Å². The second-order valence-electron chi connectivity index (χ2n) is 6.87. The van der Waals surface area contributed by atoms with Crippen LogP contribution in [-0.4, -0.2) is 18.9 Å². The van der Waals surface area contributed by atoms with Crippen molar-refractivity contribution in [1.82, 2.24) is 0 Å². The van der Waals surface area contributed by atoms with Gasteiger partial charge >= 0.3 is 0 Å². The van der Waals surface area contributed by atoms with Crippen molar-refractivity contribution in [3.05, 3.63) is 58.8 Å². The van der Waals surface area contributed by atoms with Crippen LogP contribution in [0.1, 0.15) is 59.2 Å². The molecule has 2 heterocycles. The maximum absolute atomic E-state index is 12.2. The standard InChI is InChI=1S/C18H21N2O4.2C2H6/c1-17(2)11-18(19-21,16-6-4-5-9-20(16)22)14-10-13(23-3)7-8-15(14)24-12-17;2*1-2/h4-10,22H,11-12H2,1-3H3;2*1-2H3/q+1;;. The number of fused-ring (bicyclic) bond motifs is 1. The number of pyridine rings is 1. The van der Waals surface area contributed by atoms with Crippen LogP contribution in [0.5, 0.6) is 11.5 Å². The first-order valence-electron chi connectivity index (χ1n) is 9.78. The predicted molar refractivity (Wildman–Crippen MR) is 110 cm³/mol. The molecule has 0 aliphatic carbocycles. The van der Waals surface area contributed by atoms with E-state index in [0.717, 1.165) is 4.73 Å². The molecular formula is C22H33N2O4+. The van der Waals surface area contributed by atoms with E-state index in [1.54, 1.807) is 43.5 Å². The molecule has 3 rings (SSSR count). The van der Waals surface area contributed by atoms with Crippen LogP contribution in [0.15, 0.2) is 47.8 Å². The second-order valence-corrected chi connectivity index (χ2v) is 6.87. The zero-order valence-corrected chi connectivity index (χ0v) is 18.0. The number of nitroso groups, excluding NO2 is 1. The zero-order valence-electron chi connectivity index (χ0n) is 18.0. The van der Waals surface area contributed by atoms with Crippen molar-refractivity contribution in [1.29, 1.82) is 0 Å². The van der Waals surface area contributed by atoms with Gasteiger partial charge in [-0.1, -0.05) is 41.5 Å². The zero-order chi connectivity index (χ0) is 21.4. The maximum atomic E-state index is 12.2. The van der Waals surface area contributed by atoms with Crippen LogP contribution in [0, 0.1) is 10.3 Å². The molecule has 0 saturated carbocycles. The van der Waals surface area contributed by atoms with E-state index in [2.05, 4.69) is 5.18 Å². The number of nitrogens with zero attached hydrogens (tertiary/aromatic N) is 2. The number of ether oxygens (including phenoxy) is 2. The van der Waals surface area contributed by atoms with Crippen molar-refractivity contribution in [2.45, 2.75) is 53.5 Å². The quantitative estimate of drug-likeness (QED) is 0.451. The average Bonchev–Trinajstić information content (AvgIpc) is 2.85. The van der Waals surface area contributed by atoms with E-state index < -0.39 is 5.54 Å². The fourth-order valence-electron chi connectivity index (χ4n) is 3.32. The Morgan fingerprint density at radius 1 is 1.14 bits per heavy atom. The Kier molecular flexibility index (Phi) is 8.41. The van der Waals surface area contributed by atoms with E-state index in [4.69, 9.17) is 9.47 Å². The van der Waals surface area contributed by atoms with Crippen LogP contribution in [0.2, 0.25) is 0 Å². The summed E-state index contributed by atoms with van der Waals surface area (Å²) in [4.78, 5) is 12.2. The van der Waals surface area contributed by atoms with Gasteiger partial charge in [-0.25, -0.2) is 0 Å². The second kappa shape index (κ2) is 10.1. The van der Waals surface area contributed by atoms with Gasteiger partial charge in [-0.2, -0.15) is 0 Å². The first-order valence-corrected chi connectivity index (χ1v) is 9.78. The largest absolute Gasteiger partial charge is 0.497 e. The molecule has 0 amide bonds. The fraction of sp³-hybridized carbons (Fsp3) is 0.500. The summed E-state index contributed by atoms with van der Waals surface area (Å²) >= 11 is 0. The SMILES string of the molecule is CC.CC.COc1ccc2c(c1)C(N=O)(c1cccc[n+]1O)CC(C)(C)CO2. The summed E-state index contributed by atoms with van der Waals surface area (Å²) in [5, 5.41) is 13.8. The Morgan fingerprint density at radius 2 is 1.82 bits per heavy atom. The minimum Gasteiger partial charge on any atom is -0.497 e. The highest BCUT2D eigenvalue weighted by Gasteiger charge is 2.52. The Bertz CT molecular complexity index is 777. The molecule has 2 aromatic rings. The lowest BCUT2D eigenvalue weighted by molar-refractivity contribution is -0.911. The van der Waals surface area contributed by atoms with E-state index in [0.29, 0.717) is 35.8 Å². The minimum absolute atomic E-state index is 0.316. The van der Waals surface area contributed by atoms with Crippen molar-refractivity contribution in [2.75, 3.05) is 13.7 Å². The van der Waals surface area contributed by atoms with Gasteiger partial charge in [0.05, 0.1) is 13.7 Å². The molecular weight excluding hydrogens is 356 g/mol. The third kappa shape index (κ3) is 4.61. The molecule has 0 bridgehead atoms. The average molecular weight is 390 g/mol. The maximum Gasteiger partial charge on any atom is 0.269 e. The molecule has 0 saturated heterocycles. The smallest absolute Gasteiger partial charge is 0.269 e. The highest BCUT2D eigenvalue weighted by molar-refractivity contribution is 5.49. The Hall–Kier alpha value is -2.63. The highest BCUT2D eigenvalue weighted by atomic mass is 16.5. The van der Waals surface area contributed by atoms with Gasteiger partial charge in [-0.3, -0.25) is 5.21 Å². The summed E-state index contributed by atoms with van der Waals surface area (Å²) in [7, 11) is 1.56. The molecule has 0 spiro atoms. The van der Waals surface area contributed by atoms with Crippen LogP contribution in [0.25, 0.3) is 0 Å². The molecule has 1 aliphatic heterocycles. The molecule has 28 heavy (non-hydrogen) atoms. The highest BCUT2D eigenvalue weighted by Crippen LogP contribution is 2.49. The van der Waals surface area contributed by atoms with Gasteiger partial charge in [0, 0.05) is 27.8 Å². The Morgan fingerprint density at radius 3 is 2.39 bits per heavy atom. The van der Waals surface area contributed by atoms with Gasteiger partial charge in [0.2, 0.25) is 11.7 Å². The summed E-state index contributed by atoms with van der Waals surface area (Å²) in [6.45, 7) is 12.5. The van der Waals surface area contributed by atoms with Crippen molar-refractivity contribution in [2.24, 2.45) is 10.6 Å². The predicted octanol–water partition coefficient (Wildman–Crippen LogP) is 5.09. The molecule has 0 fully saturated rings. The van der Waals surface area contributed by atoms with Crippen molar-refractivity contribution >= 4 is 0 Å². The molecule has 1 aromatic carbocycles. The van der Waals surface area contributed by atoms with Crippen LogP contribution in [0.4, 0.5) is 0 Å². The molecule has 1 aromatic heterocycles. The minimum atomic E-state index is -1.28. The van der Waals surface area contributed by atoms with Gasteiger partial charge < -0.3 is 9.47 Å². The number of aromatic nitrogens is 1. The van der Waals surface area contributed by atoms with E-state index in [-0.39, 0.29) is 5.41 Å². The summed E-state index contributed by atoms with van der Waals surface area (Å²) in [6, 6.07) is 10.5. The van der Waals surface area contributed by atoms with Gasteiger partial charge in [0.1, 0.15) is 11.5 Å². The molecule has 1 aliphatic rings. The molecule has 6 heteroatoms. The molecule has 1 N–H and O–H groups in total. The van der Waals surface area contributed by atoms with Crippen LogP contribution < -0.4 is 14.2 Å². The number of hydrogen-bond donors (Lipinski definition) is 1. The lowest BCUT2D eigenvalue weighted by Gasteiger charge is -2.29. The first kappa shape index (κ1) is 23.4. The number of rotatable bonds is 3. The van der Waals surface area contributed by atoms with Crippen LogP contribution >= 0.6 is 0 Å². The van der Waals surface area contributed by atoms with Gasteiger partial charge in [0.15, 0.2) is 0 Å². The first-order chi connectivity index (χ1) is 13.4. The van der Waals surface area contributed by atoms with E-state index >= 15 is 0 Å². The van der Waals surface area contributed by atoms with E-state index in [1.807, 2.05) is 41.5 Å².